The Hall–Kier alpha value is -0.850. The molecule has 1 aliphatic rings. The molecule has 1 N–H and O–H groups in total. The molecule has 0 bridgehead atoms. The van der Waals surface area contributed by atoms with Gasteiger partial charge in [-0.05, 0) is 7.05 Å². The number of hydrogen-bond acceptors (Lipinski definition) is 3. The number of likely N-dealkylation sites (N-methyl/N-ethyl adjacent to an activating group) is 1. The predicted molar refractivity (Wildman–Crippen MR) is 40.9 cm³/mol. The number of carbonyl (C=O) groups is 1. The van der Waals surface area contributed by atoms with Crippen molar-refractivity contribution >= 4 is 6.29 Å². The molecule has 0 radical (unpaired) electrons. The van der Waals surface area contributed by atoms with Crippen LogP contribution in [0.15, 0.2) is 0 Å². The Labute approximate surface area is 66.0 Å². The van der Waals surface area contributed by atoms with Gasteiger partial charge in [0, 0.05) is 13.0 Å². The van der Waals surface area contributed by atoms with E-state index in [0.29, 0.717) is 19.3 Å². The lowest BCUT2D eigenvalue weighted by Crippen LogP contribution is -2.43. The molecule has 2 unspecified atom stereocenters. The van der Waals surface area contributed by atoms with Crippen molar-refractivity contribution in [1.29, 1.82) is 0 Å². The van der Waals surface area contributed by atoms with Gasteiger partial charge >= 0.3 is 0 Å². The third-order valence-electron chi connectivity index (χ3n) is 2.19. The average Bonchev–Trinajstić information content (AvgIpc) is 2.29. The smallest absolute Gasteiger partial charge is 0.148 e. The zero-order valence-electron chi connectivity index (χ0n) is 6.45. The van der Waals surface area contributed by atoms with E-state index in [-0.39, 0.29) is 0 Å². The largest absolute Gasteiger partial charge is 0.375 e. The van der Waals surface area contributed by atoms with Crippen LogP contribution in [0, 0.1) is 12.3 Å². The third kappa shape index (κ3) is 1.15. The Kier molecular flexibility index (Phi) is 1.99. The van der Waals surface area contributed by atoms with Crippen molar-refractivity contribution in [2.75, 3.05) is 13.6 Å². The molecule has 3 nitrogen and oxygen atoms in total. The van der Waals surface area contributed by atoms with Crippen LogP contribution in [-0.4, -0.2) is 41.5 Å². The van der Waals surface area contributed by atoms with E-state index in [9.17, 15) is 9.90 Å². The summed E-state index contributed by atoms with van der Waals surface area (Å²) in [6, 6.07) is -0.535. The van der Waals surface area contributed by atoms with Gasteiger partial charge in [0.1, 0.15) is 17.9 Å². The second kappa shape index (κ2) is 2.65. The van der Waals surface area contributed by atoms with Gasteiger partial charge in [0.05, 0.1) is 0 Å². The average molecular weight is 153 g/mol. The Balaban J connectivity index is 2.86. The Bertz CT molecular complexity index is 209. The molecule has 0 aromatic rings. The summed E-state index contributed by atoms with van der Waals surface area (Å²) >= 11 is 0. The highest BCUT2D eigenvalue weighted by atomic mass is 16.3. The van der Waals surface area contributed by atoms with Crippen molar-refractivity contribution in [2.45, 2.75) is 18.1 Å². The van der Waals surface area contributed by atoms with Crippen LogP contribution in [-0.2, 0) is 4.79 Å². The minimum atomic E-state index is -1.24. The van der Waals surface area contributed by atoms with Gasteiger partial charge < -0.3 is 9.90 Å². The van der Waals surface area contributed by atoms with Gasteiger partial charge in [0.15, 0.2) is 0 Å². The lowest BCUT2D eigenvalue weighted by Gasteiger charge is -2.22. The summed E-state index contributed by atoms with van der Waals surface area (Å²) in [4.78, 5) is 12.3. The minimum absolute atomic E-state index is 0.476. The number of terminal acetylenes is 1. The van der Waals surface area contributed by atoms with Crippen LogP contribution in [0.2, 0.25) is 0 Å². The number of aliphatic hydroxyl groups is 1. The number of rotatable bonds is 1. The summed E-state index contributed by atoms with van der Waals surface area (Å²) in [5, 5.41) is 9.62. The summed E-state index contributed by atoms with van der Waals surface area (Å²) in [5.41, 5.74) is -1.24. The first-order chi connectivity index (χ1) is 5.14. The van der Waals surface area contributed by atoms with Gasteiger partial charge in [0.25, 0.3) is 0 Å². The first-order valence-corrected chi connectivity index (χ1v) is 3.50. The molecule has 1 rings (SSSR count). The fraction of sp³-hybridized carbons (Fsp3) is 0.625. The summed E-state index contributed by atoms with van der Waals surface area (Å²) in [6.07, 6.45) is 6.29. The van der Waals surface area contributed by atoms with Gasteiger partial charge in [-0.3, -0.25) is 4.90 Å². The van der Waals surface area contributed by atoms with Gasteiger partial charge in [0.2, 0.25) is 0 Å². The SMILES string of the molecule is C#CC1(O)CCN(C)C1C=O. The molecule has 0 aromatic carbocycles. The Morgan fingerprint density at radius 1 is 1.91 bits per heavy atom. The summed E-state index contributed by atoms with van der Waals surface area (Å²) in [6.45, 7) is 0.671. The van der Waals surface area contributed by atoms with Crippen LogP contribution in [0.3, 0.4) is 0 Å². The van der Waals surface area contributed by atoms with E-state index in [0.717, 1.165) is 0 Å². The fourth-order valence-corrected chi connectivity index (χ4v) is 1.37. The molecule has 11 heavy (non-hydrogen) atoms. The van der Waals surface area contributed by atoms with E-state index in [2.05, 4.69) is 5.92 Å². The number of hydrogen-bond donors (Lipinski definition) is 1. The van der Waals surface area contributed by atoms with E-state index in [1.54, 1.807) is 11.9 Å². The second-order valence-electron chi connectivity index (χ2n) is 2.88. The maximum Gasteiger partial charge on any atom is 0.148 e. The maximum atomic E-state index is 10.5. The molecule has 2 atom stereocenters. The van der Waals surface area contributed by atoms with E-state index in [4.69, 9.17) is 6.42 Å². The molecular weight excluding hydrogens is 142 g/mol. The monoisotopic (exact) mass is 153 g/mol. The van der Waals surface area contributed by atoms with Crippen molar-refractivity contribution in [2.24, 2.45) is 0 Å². The standard InChI is InChI=1S/C8H11NO2/c1-3-8(11)4-5-9(2)7(8)6-10/h1,6-7,11H,4-5H2,2H3. The van der Waals surface area contributed by atoms with Crippen LogP contribution in [0.25, 0.3) is 0 Å². The predicted octanol–water partition coefficient (Wildman–Crippen LogP) is -0.746. The molecule has 1 saturated heterocycles. The number of likely N-dealkylation sites (tertiary alicyclic amines) is 1. The lowest BCUT2D eigenvalue weighted by atomic mass is 9.97. The van der Waals surface area contributed by atoms with Gasteiger partial charge in [-0.2, -0.15) is 0 Å². The van der Waals surface area contributed by atoms with Crippen LogP contribution in [0.4, 0.5) is 0 Å². The van der Waals surface area contributed by atoms with Crippen molar-refractivity contribution in [3.05, 3.63) is 0 Å². The molecule has 0 aliphatic carbocycles. The summed E-state index contributed by atoms with van der Waals surface area (Å²) in [7, 11) is 1.77. The zero-order valence-corrected chi connectivity index (χ0v) is 6.45. The van der Waals surface area contributed by atoms with Crippen LogP contribution in [0.1, 0.15) is 6.42 Å². The minimum Gasteiger partial charge on any atom is -0.375 e. The van der Waals surface area contributed by atoms with Gasteiger partial charge in [-0.15, -0.1) is 6.42 Å². The number of aldehydes is 1. The fourth-order valence-electron chi connectivity index (χ4n) is 1.37. The van der Waals surface area contributed by atoms with E-state index >= 15 is 0 Å². The Morgan fingerprint density at radius 3 is 2.91 bits per heavy atom. The second-order valence-corrected chi connectivity index (χ2v) is 2.88. The van der Waals surface area contributed by atoms with Crippen molar-refractivity contribution in [3.8, 4) is 12.3 Å². The first kappa shape index (κ1) is 8.25. The maximum absolute atomic E-state index is 10.5. The molecule has 60 valence electrons. The first-order valence-electron chi connectivity index (χ1n) is 3.50. The number of carbonyl (C=O) groups excluding carboxylic acids is 1. The van der Waals surface area contributed by atoms with Crippen molar-refractivity contribution in [3.63, 3.8) is 0 Å². The molecular formula is C8H11NO2. The van der Waals surface area contributed by atoms with E-state index in [1.807, 2.05) is 0 Å². The topological polar surface area (TPSA) is 40.5 Å². The van der Waals surface area contributed by atoms with Crippen molar-refractivity contribution < 1.29 is 9.90 Å². The normalized spacial score (nSPS) is 38.5. The van der Waals surface area contributed by atoms with Crippen LogP contribution in [0.5, 0.6) is 0 Å². The zero-order chi connectivity index (χ0) is 8.48. The summed E-state index contributed by atoms with van der Waals surface area (Å²) < 4.78 is 0. The highest BCUT2D eigenvalue weighted by Gasteiger charge is 2.43. The molecule has 1 heterocycles. The van der Waals surface area contributed by atoms with Gasteiger partial charge in [-0.1, -0.05) is 5.92 Å². The van der Waals surface area contributed by atoms with E-state index < -0.39 is 11.6 Å². The molecule has 0 amide bonds. The quantitative estimate of drug-likeness (QED) is 0.398. The van der Waals surface area contributed by atoms with E-state index in [1.165, 1.54) is 0 Å². The molecule has 0 saturated carbocycles. The molecule has 0 aromatic heterocycles. The Morgan fingerprint density at radius 2 is 2.55 bits per heavy atom. The third-order valence-corrected chi connectivity index (χ3v) is 2.19. The van der Waals surface area contributed by atoms with Crippen LogP contribution < -0.4 is 0 Å². The van der Waals surface area contributed by atoms with Crippen molar-refractivity contribution in [1.82, 2.24) is 4.90 Å². The van der Waals surface area contributed by atoms with Crippen LogP contribution >= 0.6 is 0 Å². The highest BCUT2D eigenvalue weighted by molar-refractivity contribution is 5.62. The van der Waals surface area contributed by atoms with Gasteiger partial charge in [-0.25, -0.2) is 0 Å². The number of nitrogens with zero attached hydrogens (tertiary/aromatic N) is 1. The highest BCUT2D eigenvalue weighted by Crippen LogP contribution is 2.24. The lowest BCUT2D eigenvalue weighted by molar-refractivity contribution is -0.115. The molecule has 3 heteroatoms. The molecule has 1 fully saturated rings. The molecule has 0 spiro atoms. The molecule has 1 aliphatic heterocycles. The summed E-state index contributed by atoms with van der Waals surface area (Å²) in [5.74, 6) is 2.25.